The molecule has 0 saturated carbocycles. The molecule has 136 valence electrons. The Morgan fingerprint density at radius 3 is 2.52 bits per heavy atom. The van der Waals surface area contributed by atoms with Gasteiger partial charge in [0.15, 0.2) is 5.96 Å². The molecule has 2 N–H and O–H groups in total. The number of aliphatic imine (C=N–C) groups is 1. The number of piperazine rings is 1. The van der Waals surface area contributed by atoms with Gasteiger partial charge in [0.25, 0.3) is 0 Å². The van der Waals surface area contributed by atoms with Crippen LogP contribution in [0.5, 0.6) is 0 Å². The van der Waals surface area contributed by atoms with Gasteiger partial charge in [-0.2, -0.15) is 0 Å². The van der Waals surface area contributed by atoms with Gasteiger partial charge in [-0.15, -0.1) is 35.3 Å². The average molecular weight is 492 g/mol. The molecule has 1 fully saturated rings. The van der Waals surface area contributed by atoms with Gasteiger partial charge in [-0.1, -0.05) is 18.5 Å². The van der Waals surface area contributed by atoms with E-state index in [9.17, 15) is 0 Å². The fourth-order valence-electron chi connectivity index (χ4n) is 2.69. The topological polar surface area (TPSA) is 57.8 Å². The van der Waals surface area contributed by atoms with Crippen molar-refractivity contribution in [3.05, 3.63) is 45.4 Å². The minimum absolute atomic E-state index is 0. The summed E-state index contributed by atoms with van der Waals surface area (Å²) in [5, 5.41) is 3.98. The number of rotatable bonds is 4. The van der Waals surface area contributed by atoms with Crippen LogP contribution in [-0.2, 0) is 13.0 Å². The summed E-state index contributed by atoms with van der Waals surface area (Å²) in [6.07, 6.45) is 0.969. The minimum Gasteiger partial charge on any atom is -0.370 e. The molecular formula is C17H23ClIN5S. The summed E-state index contributed by atoms with van der Waals surface area (Å²) >= 11 is 7.63. The number of nitrogens with two attached hydrogens (primary N) is 1. The van der Waals surface area contributed by atoms with Crippen molar-refractivity contribution in [3.8, 4) is 0 Å². The van der Waals surface area contributed by atoms with Crippen molar-refractivity contribution in [2.75, 3.05) is 31.1 Å². The van der Waals surface area contributed by atoms with Crippen molar-refractivity contribution >= 4 is 58.6 Å². The number of hydrogen-bond acceptors (Lipinski definition) is 4. The Labute approximate surface area is 174 Å². The number of nitrogens with zero attached hydrogens (tertiary/aromatic N) is 4. The normalized spacial score (nSPS) is 15.2. The fraction of sp³-hybridized carbons (Fsp3) is 0.412. The summed E-state index contributed by atoms with van der Waals surface area (Å²) in [7, 11) is 0. The summed E-state index contributed by atoms with van der Waals surface area (Å²) in [5.41, 5.74) is 8.35. The molecule has 1 saturated heterocycles. The van der Waals surface area contributed by atoms with Crippen molar-refractivity contribution < 1.29 is 0 Å². The van der Waals surface area contributed by atoms with E-state index < -0.39 is 0 Å². The van der Waals surface area contributed by atoms with Crippen molar-refractivity contribution in [1.82, 2.24) is 9.88 Å². The molecule has 2 aromatic rings. The van der Waals surface area contributed by atoms with E-state index in [4.69, 9.17) is 17.3 Å². The smallest absolute Gasteiger partial charge is 0.191 e. The Bertz CT molecular complexity index is 695. The fourth-order valence-corrected chi connectivity index (χ4v) is 3.55. The quantitative estimate of drug-likeness (QED) is 0.403. The van der Waals surface area contributed by atoms with E-state index in [1.54, 1.807) is 11.3 Å². The van der Waals surface area contributed by atoms with Gasteiger partial charge in [-0.25, -0.2) is 9.98 Å². The number of aryl methyl sites for hydroxylation is 1. The Hall–Kier alpha value is -1.06. The second-order valence-electron chi connectivity index (χ2n) is 5.71. The number of guanidine groups is 1. The number of aromatic nitrogens is 1. The van der Waals surface area contributed by atoms with Crippen LogP contribution in [0.15, 0.2) is 34.6 Å². The maximum Gasteiger partial charge on any atom is 0.191 e. The van der Waals surface area contributed by atoms with E-state index in [0.717, 1.165) is 48.3 Å². The highest BCUT2D eigenvalue weighted by atomic mass is 127. The predicted molar refractivity (Wildman–Crippen MR) is 117 cm³/mol. The third kappa shape index (κ3) is 5.46. The zero-order valence-electron chi connectivity index (χ0n) is 14.2. The molecule has 0 atom stereocenters. The molecular weight excluding hydrogens is 469 g/mol. The Morgan fingerprint density at radius 2 is 1.92 bits per heavy atom. The molecule has 0 unspecified atom stereocenters. The number of halogens is 2. The van der Waals surface area contributed by atoms with Crippen molar-refractivity contribution in [2.24, 2.45) is 10.7 Å². The van der Waals surface area contributed by atoms with E-state index in [2.05, 4.69) is 44.2 Å². The number of hydrogen-bond donors (Lipinski definition) is 1. The zero-order valence-corrected chi connectivity index (χ0v) is 18.1. The molecule has 5 nitrogen and oxygen atoms in total. The number of anilines is 1. The first-order valence-corrected chi connectivity index (χ1v) is 9.40. The van der Waals surface area contributed by atoms with Crippen LogP contribution in [0.1, 0.15) is 17.6 Å². The molecule has 1 aromatic heterocycles. The lowest BCUT2D eigenvalue weighted by molar-refractivity contribution is 0.380. The van der Waals surface area contributed by atoms with Gasteiger partial charge >= 0.3 is 0 Å². The lowest BCUT2D eigenvalue weighted by atomic mass is 10.2. The third-order valence-electron chi connectivity index (χ3n) is 4.10. The summed E-state index contributed by atoms with van der Waals surface area (Å²) in [6, 6.07) is 7.97. The number of benzene rings is 1. The van der Waals surface area contributed by atoms with Crippen LogP contribution in [0.3, 0.4) is 0 Å². The molecule has 3 rings (SSSR count). The summed E-state index contributed by atoms with van der Waals surface area (Å²) in [5.74, 6) is 0.608. The van der Waals surface area contributed by atoms with E-state index >= 15 is 0 Å². The Balaban J connectivity index is 0.00000225. The van der Waals surface area contributed by atoms with Crippen LogP contribution in [0.2, 0.25) is 5.02 Å². The lowest BCUT2D eigenvalue weighted by Crippen LogP contribution is -2.51. The standard InChI is InChI=1S/C17H22ClN5S.HI/c1-2-16-21-14(12-24-16)11-20-17(19)23-9-7-22(8-10-23)15-5-3-13(18)4-6-15;/h3-6,12H,2,7-11H2,1H3,(H2,19,20);1H. The third-order valence-corrected chi connectivity index (χ3v) is 5.39. The Kier molecular flexibility index (Phi) is 7.77. The Morgan fingerprint density at radius 1 is 1.24 bits per heavy atom. The average Bonchev–Trinajstić information content (AvgIpc) is 3.09. The van der Waals surface area contributed by atoms with Gasteiger partial charge in [0.05, 0.1) is 17.2 Å². The molecule has 0 bridgehead atoms. The van der Waals surface area contributed by atoms with Crippen LogP contribution in [0.25, 0.3) is 0 Å². The highest BCUT2D eigenvalue weighted by Gasteiger charge is 2.18. The van der Waals surface area contributed by atoms with Crippen LogP contribution in [0, 0.1) is 0 Å². The predicted octanol–water partition coefficient (Wildman–Crippen LogP) is 3.61. The maximum atomic E-state index is 6.16. The van der Waals surface area contributed by atoms with E-state index in [1.165, 1.54) is 5.69 Å². The van der Waals surface area contributed by atoms with Gasteiger partial charge in [0, 0.05) is 42.3 Å². The molecule has 0 radical (unpaired) electrons. The molecule has 1 aliphatic heterocycles. The van der Waals surface area contributed by atoms with Gasteiger partial charge in [0.2, 0.25) is 0 Å². The van der Waals surface area contributed by atoms with Gasteiger partial charge in [-0.05, 0) is 30.7 Å². The first-order chi connectivity index (χ1) is 11.7. The molecule has 1 aromatic carbocycles. The molecule has 8 heteroatoms. The zero-order chi connectivity index (χ0) is 16.9. The maximum absolute atomic E-state index is 6.16. The monoisotopic (exact) mass is 491 g/mol. The first kappa shape index (κ1) is 20.3. The second kappa shape index (κ2) is 9.59. The first-order valence-electron chi connectivity index (χ1n) is 8.14. The number of thiazole rings is 1. The lowest BCUT2D eigenvalue weighted by Gasteiger charge is -2.36. The molecule has 2 heterocycles. The molecule has 0 aliphatic carbocycles. The second-order valence-corrected chi connectivity index (χ2v) is 7.09. The van der Waals surface area contributed by atoms with Gasteiger partial charge in [0.1, 0.15) is 0 Å². The SMILES string of the molecule is CCc1nc(CN=C(N)N2CCN(c3ccc(Cl)cc3)CC2)cs1.I. The van der Waals surface area contributed by atoms with Crippen LogP contribution in [-0.4, -0.2) is 42.0 Å². The van der Waals surface area contributed by atoms with Crippen molar-refractivity contribution in [1.29, 1.82) is 0 Å². The molecule has 0 amide bonds. The molecule has 25 heavy (non-hydrogen) atoms. The largest absolute Gasteiger partial charge is 0.370 e. The van der Waals surface area contributed by atoms with Crippen LogP contribution < -0.4 is 10.6 Å². The van der Waals surface area contributed by atoms with Crippen LogP contribution in [0.4, 0.5) is 5.69 Å². The van der Waals surface area contributed by atoms with Crippen molar-refractivity contribution in [2.45, 2.75) is 19.9 Å². The molecule has 0 spiro atoms. The van der Waals surface area contributed by atoms with Gasteiger partial charge in [-0.3, -0.25) is 0 Å². The van der Waals surface area contributed by atoms with E-state index in [0.29, 0.717) is 12.5 Å². The van der Waals surface area contributed by atoms with Crippen LogP contribution >= 0.6 is 46.9 Å². The van der Waals surface area contributed by atoms with E-state index in [-0.39, 0.29) is 24.0 Å². The summed E-state index contributed by atoms with van der Waals surface area (Å²) in [4.78, 5) is 13.5. The summed E-state index contributed by atoms with van der Waals surface area (Å²) in [6.45, 7) is 6.26. The highest BCUT2D eigenvalue weighted by molar-refractivity contribution is 14.0. The molecule has 1 aliphatic rings. The van der Waals surface area contributed by atoms with Gasteiger partial charge < -0.3 is 15.5 Å². The van der Waals surface area contributed by atoms with Crippen molar-refractivity contribution in [3.63, 3.8) is 0 Å². The highest BCUT2D eigenvalue weighted by Crippen LogP contribution is 2.19. The summed E-state index contributed by atoms with van der Waals surface area (Å²) < 4.78 is 0. The minimum atomic E-state index is 0. The van der Waals surface area contributed by atoms with E-state index in [1.807, 2.05) is 12.1 Å².